The zero-order chi connectivity index (χ0) is 21.3. The van der Waals surface area contributed by atoms with Crippen molar-refractivity contribution in [2.45, 2.75) is 38.6 Å². The number of hydrogen-bond acceptors (Lipinski definition) is 4. The van der Waals surface area contributed by atoms with E-state index in [2.05, 4.69) is 5.32 Å². The molecule has 1 aliphatic rings. The number of ketones is 1. The zero-order valence-corrected chi connectivity index (χ0v) is 17.3. The van der Waals surface area contributed by atoms with Crippen LogP contribution in [-0.4, -0.2) is 48.2 Å². The maximum atomic E-state index is 12.4. The number of rotatable bonds is 8. The van der Waals surface area contributed by atoms with E-state index in [1.807, 2.05) is 37.3 Å². The van der Waals surface area contributed by atoms with E-state index in [1.54, 1.807) is 29.2 Å². The van der Waals surface area contributed by atoms with Crippen molar-refractivity contribution in [3.05, 3.63) is 65.7 Å². The smallest absolute Gasteiger partial charge is 0.258 e. The van der Waals surface area contributed by atoms with Crippen LogP contribution in [0.2, 0.25) is 0 Å². The van der Waals surface area contributed by atoms with Crippen LogP contribution in [0.4, 0.5) is 0 Å². The number of carbonyl (C=O) groups excluding carboxylic acids is 3. The fourth-order valence-electron chi connectivity index (χ4n) is 3.47. The van der Waals surface area contributed by atoms with E-state index in [0.29, 0.717) is 37.2 Å². The van der Waals surface area contributed by atoms with Crippen molar-refractivity contribution in [2.75, 3.05) is 19.7 Å². The summed E-state index contributed by atoms with van der Waals surface area (Å²) in [6.07, 6.45) is 1.84. The van der Waals surface area contributed by atoms with Crippen molar-refractivity contribution in [1.29, 1.82) is 0 Å². The standard InChI is InChI=1S/C24H28N2O4/c1-18-7-9-19(10-8-18)22(27)11-12-24(29)26-15-13-20(14-16-26)25-23(28)17-30-21-5-3-2-4-6-21/h2-10,20H,11-17H2,1H3,(H,25,28). The third-order valence-electron chi connectivity index (χ3n) is 5.27. The van der Waals surface area contributed by atoms with Gasteiger partial charge >= 0.3 is 0 Å². The lowest BCUT2D eigenvalue weighted by Gasteiger charge is -2.32. The van der Waals surface area contributed by atoms with E-state index < -0.39 is 0 Å². The molecule has 2 aromatic rings. The Morgan fingerprint density at radius 2 is 1.63 bits per heavy atom. The maximum Gasteiger partial charge on any atom is 0.258 e. The molecule has 1 aliphatic heterocycles. The van der Waals surface area contributed by atoms with E-state index in [9.17, 15) is 14.4 Å². The summed E-state index contributed by atoms with van der Waals surface area (Å²) >= 11 is 0. The first kappa shape index (κ1) is 21.6. The molecule has 3 rings (SSSR count). The summed E-state index contributed by atoms with van der Waals surface area (Å²) in [6.45, 7) is 3.12. The van der Waals surface area contributed by atoms with Crippen LogP contribution in [0.15, 0.2) is 54.6 Å². The summed E-state index contributed by atoms with van der Waals surface area (Å²) in [4.78, 5) is 38.6. The highest BCUT2D eigenvalue weighted by molar-refractivity contribution is 5.98. The van der Waals surface area contributed by atoms with Crippen molar-refractivity contribution in [3.8, 4) is 5.75 Å². The molecule has 0 aliphatic carbocycles. The van der Waals surface area contributed by atoms with Crippen LogP contribution in [-0.2, 0) is 9.59 Å². The van der Waals surface area contributed by atoms with Gasteiger partial charge in [0.1, 0.15) is 5.75 Å². The van der Waals surface area contributed by atoms with Gasteiger partial charge in [0.2, 0.25) is 5.91 Å². The van der Waals surface area contributed by atoms with Gasteiger partial charge in [-0.3, -0.25) is 14.4 Å². The lowest BCUT2D eigenvalue weighted by Crippen LogP contribution is -2.47. The number of Topliss-reactive ketones (excluding diaryl/α,β-unsaturated/α-hetero) is 1. The van der Waals surface area contributed by atoms with Crippen molar-refractivity contribution in [3.63, 3.8) is 0 Å². The number of nitrogens with one attached hydrogen (secondary N) is 1. The van der Waals surface area contributed by atoms with Crippen LogP contribution in [0.1, 0.15) is 41.6 Å². The van der Waals surface area contributed by atoms with Gasteiger partial charge in [-0.25, -0.2) is 0 Å². The van der Waals surface area contributed by atoms with E-state index in [4.69, 9.17) is 4.74 Å². The SMILES string of the molecule is Cc1ccc(C(=O)CCC(=O)N2CCC(NC(=O)COc3ccccc3)CC2)cc1. The number of para-hydroxylation sites is 1. The minimum absolute atomic E-state index is 0.00681. The second kappa shape index (κ2) is 10.6. The highest BCUT2D eigenvalue weighted by Crippen LogP contribution is 2.14. The fourth-order valence-corrected chi connectivity index (χ4v) is 3.47. The summed E-state index contributed by atoms with van der Waals surface area (Å²) in [6, 6.07) is 16.7. The van der Waals surface area contributed by atoms with E-state index >= 15 is 0 Å². The zero-order valence-electron chi connectivity index (χ0n) is 17.3. The van der Waals surface area contributed by atoms with Gasteiger partial charge in [-0.15, -0.1) is 0 Å². The highest BCUT2D eigenvalue weighted by Gasteiger charge is 2.24. The van der Waals surface area contributed by atoms with Crippen LogP contribution in [0.3, 0.4) is 0 Å². The first-order chi connectivity index (χ1) is 14.5. The number of benzene rings is 2. The van der Waals surface area contributed by atoms with Crippen molar-refractivity contribution < 1.29 is 19.1 Å². The quantitative estimate of drug-likeness (QED) is 0.681. The predicted octanol–water partition coefficient (Wildman–Crippen LogP) is 3.14. The lowest BCUT2D eigenvalue weighted by molar-refractivity contribution is -0.132. The maximum absolute atomic E-state index is 12.4. The number of likely N-dealkylation sites (tertiary alicyclic amines) is 1. The van der Waals surface area contributed by atoms with Gasteiger partial charge in [0.25, 0.3) is 5.91 Å². The van der Waals surface area contributed by atoms with Crippen LogP contribution >= 0.6 is 0 Å². The van der Waals surface area contributed by atoms with Crippen LogP contribution in [0.5, 0.6) is 5.75 Å². The Morgan fingerprint density at radius 1 is 0.967 bits per heavy atom. The molecule has 1 heterocycles. The Balaban J connectivity index is 1.35. The van der Waals surface area contributed by atoms with Gasteiger partial charge in [-0.2, -0.15) is 0 Å². The van der Waals surface area contributed by atoms with Gasteiger partial charge in [-0.1, -0.05) is 48.0 Å². The van der Waals surface area contributed by atoms with E-state index in [-0.39, 0.29) is 43.1 Å². The van der Waals surface area contributed by atoms with Gasteiger partial charge in [0.15, 0.2) is 12.4 Å². The molecule has 1 saturated heterocycles. The van der Waals surface area contributed by atoms with Gasteiger partial charge < -0.3 is 15.0 Å². The molecule has 2 amide bonds. The lowest BCUT2D eigenvalue weighted by atomic mass is 10.0. The molecule has 6 nitrogen and oxygen atoms in total. The first-order valence-electron chi connectivity index (χ1n) is 10.4. The van der Waals surface area contributed by atoms with Gasteiger partial charge in [0, 0.05) is 37.5 Å². The molecule has 158 valence electrons. The average molecular weight is 408 g/mol. The Bertz CT molecular complexity index is 857. The molecular formula is C24H28N2O4. The first-order valence-corrected chi connectivity index (χ1v) is 10.4. The topological polar surface area (TPSA) is 75.7 Å². The predicted molar refractivity (Wildman–Crippen MR) is 114 cm³/mol. The number of carbonyl (C=O) groups is 3. The average Bonchev–Trinajstić information content (AvgIpc) is 2.77. The number of hydrogen-bond donors (Lipinski definition) is 1. The summed E-state index contributed by atoms with van der Waals surface area (Å²) < 4.78 is 5.46. The Labute approximate surface area is 177 Å². The second-order valence-corrected chi connectivity index (χ2v) is 7.61. The molecule has 0 bridgehead atoms. The largest absolute Gasteiger partial charge is 0.484 e. The third kappa shape index (κ3) is 6.44. The number of piperidine rings is 1. The normalized spacial score (nSPS) is 14.2. The molecular weight excluding hydrogens is 380 g/mol. The van der Waals surface area contributed by atoms with Crippen molar-refractivity contribution in [2.24, 2.45) is 0 Å². The summed E-state index contributed by atoms with van der Waals surface area (Å²) in [7, 11) is 0. The number of aryl methyl sites for hydroxylation is 1. The molecule has 1 N–H and O–H groups in total. The second-order valence-electron chi connectivity index (χ2n) is 7.61. The van der Waals surface area contributed by atoms with Crippen LogP contribution < -0.4 is 10.1 Å². The highest BCUT2D eigenvalue weighted by atomic mass is 16.5. The van der Waals surface area contributed by atoms with Gasteiger partial charge in [-0.05, 0) is 31.9 Å². The van der Waals surface area contributed by atoms with Crippen molar-refractivity contribution >= 4 is 17.6 Å². The Morgan fingerprint density at radius 3 is 2.30 bits per heavy atom. The minimum atomic E-state index is -0.160. The fraction of sp³-hybridized carbons (Fsp3) is 0.375. The van der Waals surface area contributed by atoms with Crippen LogP contribution in [0, 0.1) is 6.92 Å². The molecule has 0 spiro atoms. The molecule has 0 unspecified atom stereocenters. The summed E-state index contributed by atoms with van der Waals surface area (Å²) in [5, 5.41) is 2.97. The number of ether oxygens (including phenoxy) is 1. The Hall–Kier alpha value is -3.15. The molecule has 0 radical (unpaired) electrons. The molecule has 6 heteroatoms. The molecule has 0 aromatic heterocycles. The number of nitrogens with zero attached hydrogens (tertiary/aromatic N) is 1. The molecule has 0 saturated carbocycles. The summed E-state index contributed by atoms with van der Waals surface area (Å²) in [5.74, 6) is 0.483. The molecule has 30 heavy (non-hydrogen) atoms. The monoisotopic (exact) mass is 408 g/mol. The molecule has 1 fully saturated rings. The Kier molecular flexibility index (Phi) is 7.60. The number of amides is 2. The van der Waals surface area contributed by atoms with Gasteiger partial charge in [0.05, 0.1) is 0 Å². The third-order valence-corrected chi connectivity index (χ3v) is 5.27. The summed E-state index contributed by atoms with van der Waals surface area (Å²) in [5.41, 5.74) is 1.75. The molecule has 2 aromatic carbocycles. The van der Waals surface area contributed by atoms with E-state index in [0.717, 1.165) is 5.56 Å². The van der Waals surface area contributed by atoms with E-state index in [1.165, 1.54) is 0 Å². The molecule has 0 atom stereocenters. The minimum Gasteiger partial charge on any atom is -0.484 e. The van der Waals surface area contributed by atoms with Crippen LogP contribution in [0.25, 0.3) is 0 Å². The van der Waals surface area contributed by atoms with Crippen molar-refractivity contribution in [1.82, 2.24) is 10.2 Å².